The lowest BCUT2D eigenvalue weighted by molar-refractivity contribution is -0.114. The van der Waals surface area contributed by atoms with Gasteiger partial charge in [0.15, 0.2) is 5.76 Å². The van der Waals surface area contributed by atoms with Gasteiger partial charge in [0.1, 0.15) is 0 Å². The summed E-state index contributed by atoms with van der Waals surface area (Å²) in [5, 5.41) is 13.7. The molecule has 0 unspecified atom stereocenters. The Balaban J connectivity index is 1.56. The summed E-state index contributed by atoms with van der Waals surface area (Å²) in [6.07, 6.45) is 3.26. The lowest BCUT2D eigenvalue weighted by Crippen LogP contribution is -2.39. The minimum atomic E-state index is -3.65. The lowest BCUT2D eigenvalue weighted by Gasteiger charge is -2.31. The number of sulfonamides is 1. The Bertz CT molecular complexity index is 1150. The van der Waals surface area contributed by atoms with Crippen molar-refractivity contribution in [1.82, 2.24) is 19.7 Å². The fourth-order valence-electron chi connectivity index (χ4n) is 3.75. The maximum Gasteiger partial charge on any atom is 0.243 e. The van der Waals surface area contributed by atoms with E-state index in [4.69, 9.17) is 4.52 Å². The van der Waals surface area contributed by atoms with Gasteiger partial charge >= 0.3 is 0 Å². The van der Waals surface area contributed by atoms with E-state index in [1.165, 1.54) is 23.4 Å². The third-order valence-corrected chi connectivity index (χ3v) is 7.05. The zero-order chi connectivity index (χ0) is 21.3. The third-order valence-electron chi connectivity index (χ3n) is 5.17. The molecule has 3 heterocycles. The SMILES string of the molecule is CC(=O)Nc1ccc(S(=O)(=O)N2CCC[C@H](c3[nH]ncc3-c3cc(C)no3)C2)cc1. The molecular formula is C20H23N5O4S. The first-order valence-electron chi connectivity index (χ1n) is 9.69. The highest BCUT2D eigenvalue weighted by atomic mass is 32.2. The van der Waals surface area contributed by atoms with Gasteiger partial charge in [0.05, 0.1) is 28.0 Å². The maximum atomic E-state index is 13.2. The maximum absolute atomic E-state index is 13.2. The number of piperidine rings is 1. The minimum absolute atomic E-state index is 0.0323. The summed E-state index contributed by atoms with van der Waals surface area (Å²) in [6, 6.07) is 8.05. The highest BCUT2D eigenvalue weighted by Gasteiger charge is 2.33. The molecule has 2 aromatic heterocycles. The second-order valence-electron chi connectivity index (χ2n) is 7.44. The Morgan fingerprint density at radius 1 is 1.30 bits per heavy atom. The van der Waals surface area contributed by atoms with Gasteiger partial charge in [-0.25, -0.2) is 8.42 Å². The number of aromatic nitrogens is 3. The summed E-state index contributed by atoms with van der Waals surface area (Å²) in [4.78, 5) is 11.4. The molecule has 1 aliphatic rings. The van der Waals surface area contributed by atoms with Crippen molar-refractivity contribution in [3.05, 3.63) is 47.9 Å². The largest absolute Gasteiger partial charge is 0.356 e. The number of hydrogen-bond donors (Lipinski definition) is 2. The van der Waals surface area contributed by atoms with Crippen LogP contribution in [0.15, 0.2) is 45.9 Å². The van der Waals surface area contributed by atoms with Crippen molar-refractivity contribution in [2.75, 3.05) is 18.4 Å². The number of nitrogens with one attached hydrogen (secondary N) is 2. The van der Waals surface area contributed by atoms with E-state index >= 15 is 0 Å². The van der Waals surface area contributed by atoms with Gasteiger partial charge in [-0.15, -0.1) is 0 Å². The van der Waals surface area contributed by atoms with Crippen LogP contribution < -0.4 is 5.32 Å². The fraction of sp³-hybridized carbons (Fsp3) is 0.350. The number of H-pyrrole nitrogens is 1. The first-order valence-corrected chi connectivity index (χ1v) is 11.1. The van der Waals surface area contributed by atoms with Crippen molar-refractivity contribution in [2.45, 2.75) is 37.5 Å². The Morgan fingerprint density at radius 2 is 2.07 bits per heavy atom. The van der Waals surface area contributed by atoms with Gasteiger partial charge in [-0.2, -0.15) is 9.40 Å². The van der Waals surface area contributed by atoms with Gasteiger partial charge in [-0.1, -0.05) is 5.16 Å². The molecule has 10 heteroatoms. The molecule has 9 nitrogen and oxygen atoms in total. The van der Waals surface area contributed by atoms with Crippen molar-refractivity contribution in [3.63, 3.8) is 0 Å². The van der Waals surface area contributed by atoms with Crippen LogP contribution in [0.4, 0.5) is 5.69 Å². The topological polar surface area (TPSA) is 121 Å². The first kappa shape index (κ1) is 20.3. The number of rotatable bonds is 5. The molecule has 2 N–H and O–H groups in total. The molecule has 158 valence electrons. The summed E-state index contributed by atoms with van der Waals surface area (Å²) in [6.45, 7) is 4.05. The van der Waals surface area contributed by atoms with E-state index in [0.29, 0.717) is 24.5 Å². The Labute approximate surface area is 174 Å². The van der Waals surface area contributed by atoms with Crippen LogP contribution in [0.1, 0.15) is 37.1 Å². The molecule has 1 aromatic carbocycles. The molecular weight excluding hydrogens is 406 g/mol. The molecule has 30 heavy (non-hydrogen) atoms. The number of amides is 1. The summed E-state index contributed by atoms with van der Waals surface area (Å²) in [7, 11) is -3.65. The van der Waals surface area contributed by atoms with Gasteiger partial charge in [-0.05, 0) is 44.0 Å². The average molecular weight is 430 g/mol. The highest BCUT2D eigenvalue weighted by Crippen LogP contribution is 2.35. The molecule has 0 saturated carbocycles. The van der Waals surface area contributed by atoms with E-state index < -0.39 is 10.0 Å². The molecule has 0 radical (unpaired) electrons. The average Bonchev–Trinajstić information content (AvgIpc) is 3.37. The summed E-state index contributed by atoms with van der Waals surface area (Å²) in [5.41, 5.74) is 2.99. The van der Waals surface area contributed by atoms with E-state index in [1.54, 1.807) is 18.3 Å². The van der Waals surface area contributed by atoms with Gasteiger partial charge in [0.2, 0.25) is 15.9 Å². The van der Waals surface area contributed by atoms with Crippen LogP contribution in [0.5, 0.6) is 0 Å². The normalized spacial score (nSPS) is 17.7. The molecule has 1 atom stereocenters. The van der Waals surface area contributed by atoms with Crippen LogP contribution in [0.3, 0.4) is 0 Å². The van der Waals surface area contributed by atoms with E-state index in [1.807, 2.05) is 13.0 Å². The number of hydrogen-bond acceptors (Lipinski definition) is 6. The van der Waals surface area contributed by atoms with Gasteiger partial charge in [0, 0.05) is 37.7 Å². The van der Waals surface area contributed by atoms with Crippen molar-refractivity contribution >= 4 is 21.6 Å². The highest BCUT2D eigenvalue weighted by molar-refractivity contribution is 7.89. The zero-order valence-electron chi connectivity index (χ0n) is 16.8. The lowest BCUT2D eigenvalue weighted by atomic mass is 9.93. The smallest absolute Gasteiger partial charge is 0.243 e. The van der Waals surface area contributed by atoms with Crippen molar-refractivity contribution in [2.24, 2.45) is 0 Å². The quantitative estimate of drug-likeness (QED) is 0.643. The molecule has 0 bridgehead atoms. The Hall–Kier alpha value is -2.98. The van der Waals surface area contributed by atoms with Gasteiger partial charge < -0.3 is 9.84 Å². The second kappa shape index (κ2) is 8.04. The number of nitrogens with zero attached hydrogens (tertiary/aromatic N) is 3. The van der Waals surface area contributed by atoms with Gasteiger partial charge in [-0.3, -0.25) is 9.89 Å². The zero-order valence-corrected chi connectivity index (χ0v) is 17.6. The predicted molar refractivity (Wildman–Crippen MR) is 110 cm³/mol. The Kier molecular flexibility index (Phi) is 5.44. The minimum Gasteiger partial charge on any atom is -0.356 e. The molecule has 1 saturated heterocycles. The first-order chi connectivity index (χ1) is 14.3. The van der Waals surface area contributed by atoms with Crippen molar-refractivity contribution < 1.29 is 17.7 Å². The molecule has 0 aliphatic carbocycles. The van der Waals surface area contributed by atoms with Crippen LogP contribution in [-0.2, 0) is 14.8 Å². The van der Waals surface area contributed by atoms with Crippen LogP contribution in [-0.4, -0.2) is 47.1 Å². The molecule has 1 fully saturated rings. The van der Waals surface area contributed by atoms with Crippen LogP contribution >= 0.6 is 0 Å². The van der Waals surface area contributed by atoms with Crippen molar-refractivity contribution in [3.8, 4) is 11.3 Å². The summed E-state index contributed by atoms with van der Waals surface area (Å²) >= 11 is 0. The van der Waals surface area contributed by atoms with Crippen LogP contribution in [0.2, 0.25) is 0 Å². The standard InChI is InChI=1S/C20H23N5O4S/c1-13-10-19(29-24-13)18-11-21-23-20(18)15-4-3-9-25(12-15)30(27,28)17-7-5-16(6-8-17)22-14(2)26/h5-8,10-11,15H,3-4,9,12H2,1-2H3,(H,21,23)(H,22,26)/t15-/m0/s1. The Morgan fingerprint density at radius 3 is 2.73 bits per heavy atom. The van der Waals surface area contributed by atoms with E-state index in [9.17, 15) is 13.2 Å². The van der Waals surface area contributed by atoms with Crippen molar-refractivity contribution in [1.29, 1.82) is 0 Å². The molecule has 0 spiro atoms. The second-order valence-corrected chi connectivity index (χ2v) is 9.38. The summed E-state index contributed by atoms with van der Waals surface area (Å²) in [5.74, 6) is 0.377. The number of carbonyl (C=O) groups is 1. The molecule has 1 amide bonds. The van der Waals surface area contributed by atoms with E-state index in [-0.39, 0.29) is 16.7 Å². The summed E-state index contributed by atoms with van der Waals surface area (Å²) < 4.78 is 33.2. The van der Waals surface area contributed by atoms with E-state index in [0.717, 1.165) is 29.8 Å². The molecule has 1 aliphatic heterocycles. The number of carbonyl (C=O) groups excluding carboxylic acids is 1. The van der Waals surface area contributed by atoms with E-state index in [2.05, 4.69) is 20.7 Å². The monoisotopic (exact) mass is 429 g/mol. The molecule has 3 aromatic rings. The predicted octanol–water partition coefficient (Wildman–Crippen LogP) is 2.90. The number of aromatic amines is 1. The van der Waals surface area contributed by atoms with Crippen LogP contribution in [0, 0.1) is 6.92 Å². The number of anilines is 1. The van der Waals surface area contributed by atoms with Gasteiger partial charge in [0.25, 0.3) is 0 Å². The molecule has 4 rings (SSSR count). The number of benzene rings is 1. The fourth-order valence-corrected chi connectivity index (χ4v) is 5.28. The van der Waals surface area contributed by atoms with Crippen LogP contribution in [0.25, 0.3) is 11.3 Å². The third kappa shape index (κ3) is 4.01. The number of aryl methyl sites for hydroxylation is 1.